The van der Waals surface area contributed by atoms with Crippen LogP contribution in [0.15, 0.2) is 78.0 Å². The first-order chi connectivity index (χ1) is 14.7. The topological polar surface area (TPSA) is 77.4 Å². The Morgan fingerprint density at radius 1 is 0.933 bits per heavy atom. The Morgan fingerprint density at radius 2 is 1.53 bits per heavy atom. The van der Waals surface area contributed by atoms with E-state index in [1.54, 1.807) is 44.6 Å². The van der Waals surface area contributed by atoms with Gasteiger partial charge >= 0.3 is 5.97 Å². The van der Waals surface area contributed by atoms with Crippen LogP contribution in [0, 0.1) is 0 Å². The summed E-state index contributed by atoms with van der Waals surface area (Å²) in [5.74, 6) is 0.305. The number of oxime groups is 1. The minimum Gasteiger partial charge on any atom is -0.497 e. The fourth-order valence-corrected chi connectivity index (χ4v) is 3.83. The molecule has 3 aromatic rings. The van der Waals surface area contributed by atoms with Crippen LogP contribution in [-0.4, -0.2) is 31.1 Å². The molecule has 3 aromatic carbocycles. The fourth-order valence-electron chi connectivity index (χ4n) is 3.83. The lowest BCUT2D eigenvalue weighted by atomic mass is 9.77. The lowest BCUT2D eigenvalue weighted by molar-refractivity contribution is -0.134. The lowest BCUT2D eigenvalue weighted by Crippen LogP contribution is -2.26. The van der Waals surface area contributed by atoms with E-state index in [0.717, 1.165) is 11.1 Å². The van der Waals surface area contributed by atoms with Crippen molar-refractivity contribution in [3.63, 3.8) is 0 Å². The van der Waals surface area contributed by atoms with E-state index in [4.69, 9.17) is 14.2 Å². The number of hydrogen-bond acceptors (Lipinski definition) is 6. The Morgan fingerprint density at radius 3 is 2.13 bits per heavy atom. The number of carbonyl (C=O) groups is 1. The van der Waals surface area contributed by atoms with Gasteiger partial charge in [-0.15, -0.1) is 0 Å². The van der Waals surface area contributed by atoms with E-state index in [1.807, 2.05) is 42.5 Å². The minimum atomic E-state index is -0.650. The van der Waals surface area contributed by atoms with E-state index in [-0.39, 0.29) is 5.97 Å². The molecule has 1 aliphatic heterocycles. The molecule has 0 saturated carbocycles. The third-order valence-electron chi connectivity index (χ3n) is 5.31. The zero-order chi connectivity index (χ0) is 21.1. The van der Waals surface area contributed by atoms with Gasteiger partial charge in [0.1, 0.15) is 17.2 Å². The van der Waals surface area contributed by atoms with Crippen LogP contribution in [0.3, 0.4) is 0 Å². The van der Waals surface area contributed by atoms with Gasteiger partial charge in [-0.05, 0) is 48.0 Å². The predicted octanol–water partition coefficient (Wildman–Crippen LogP) is 4.37. The average Bonchev–Trinajstić information content (AvgIpc) is 3.13. The summed E-state index contributed by atoms with van der Waals surface area (Å²) >= 11 is 0. The van der Waals surface area contributed by atoms with Crippen LogP contribution in [-0.2, 0) is 4.79 Å². The van der Waals surface area contributed by atoms with Gasteiger partial charge in [0.05, 0.1) is 25.8 Å². The van der Waals surface area contributed by atoms with Crippen molar-refractivity contribution in [3.8, 4) is 17.2 Å². The number of esters is 1. The van der Waals surface area contributed by atoms with Crippen LogP contribution < -0.4 is 14.2 Å². The molecular formula is C24H21NO5. The monoisotopic (exact) mass is 403 g/mol. The van der Waals surface area contributed by atoms with E-state index in [1.165, 1.54) is 0 Å². The summed E-state index contributed by atoms with van der Waals surface area (Å²) in [6.45, 7) is 0. The van der Waals surface area contributed by atoms with Crippen molar-refractivity contribution in [2.75, 3.05) is 14.2 Å². The van der Waals surface area contributed by atoms with Gasteiger partial charge in [-0.3, -0.25) is 4.79 Å². The lowest BCUT2D eigenvalue weighted by Gasteiger charge is -2.23. The number of methoxy groups -OCH3 is 2. The highest BCUT2D eigenvalue weighted by Crippen LogP contribution is 2.45. The first kappa shape index (κ1) is 19.5. The molecule has 0 amide bonds. The summed E-state index contributed by atoms with van der Waals surface area (Å²) in [6.07, 6.45) is 0. The number of benzene rings is 3. The van der Waals surface area contributed by atoms with Crippen LogP contribution in [0.2, 0.25) is 0 Å². The van der Waals surface area contributed by atoms with Gasteiger partial charge in [0.15, 0.2) is 0 Å². The number of carbonyl (C=O) groups excluding carboxylic acids is 1. The molecule has 1 heterocycles. The maximum Gasteiger partial charge on any atom is 0.320 e. The zero-order valence-corrected chi connectivity index (χ0v) is 16.6. The summed E-state index contributed by atoms with van der Waals surface area (Å²) < 4.78 is 16.0. The normalized spacial score (nSPS) is 16.5. The second kappa shape index (κ2) is 8.29. The Labute approximate surface area is 174 Å². The maximum atomic E-state index is 12.9. The second-order valence-corrected chi connectivity index (χ2v) is 6.90. The average molecular weight is 403 g/mol. The van der Waals surface area contributed by atoms with E-state index in [2.05, 4.69) is 5.16 Å². The van der Waals surface area contributed by atoms with E-state index in [9.17, 15) is 10.0 Å². The molecule has 0 bridgehead atoms. The van der Waals surface area contributed by atoms with Gasteiger partial charge in [-0.2, -0.15) is 0 Å². The smallest absolute Gasteiger partial charge is 0.320 e. The van der Waals surface area contributed by atoms with Crippen LogP contribution in [0.1, 0.15) is 28.5 Å². The van der Waals surface area contributed by atoms with Crippen LogP contribution >= 0.6 is 0 Å². The van der Waals surface area contributed by atoms with Crippen LogP contribution in [0.5, 0.6) is 17.2 Å². The Balaban J connectivity index is 1.85. The Bertz CT molecular complexity index is 1070. The van der Waals surface area contributed by atoms with Crippen molar-refractivity contribution in [1.82, 2.24) is 0 Å². The summed E-state index contributed by atoms with van der Waals surface area (Å²) in [4.78, 5) is 12.9. The molecule has 0 aromatic heterocycles. The van der Waals surface area contributed by atoms with Crippen molar-refractivity contribution in [1.29, 1.82) is 0 Å². The molecule has 0 unspecified atom stereocenters. The zero-order valence-electron chi connectivity index (χ0n) is 16.6. The molecule has 30 heavy (non-hydrogen) atoms. The van der Waals surface area contributed by atoms with Gasteiger partial charge < -0.3 is 19.4 Å². The molecular weight excluding hydrogens is 382 g/mol. The highest BCUT2D eigenvalue weighted by Gasteiger charge is 2.42. The van der Waals surface area contributed by atoms with Crippen molar-refractivity contribution in [2.24, 2.45) is 5.16 Å². The summed E-state index contributed by atoms with van der Waals surface area (Å²) in [5, 5.41) is 13.6. The fraction of sp³-hybridized carbons (Fsp3) is 0.167. The van der Waals surface area contributed by atoms with Gasteiger partial charge in [0.2, 0.25) is 0 Å². The Kier molecular flexibility index (Phi) is 5.39. The molecule has 0 fully saturated rings. The van der Waals surface area contributed by atoms with Crippen LogP contribution in [0.25, 0.3) is 0 Å². The number of nitrogens with zero attached hydrogens (tertiary/aromatic N) is 1. The third-order valence-corrected chi connectivity index (χ3v) is 5.31. The maximum absolute atomic E-state index is 12.9. The summed E-state index contributed by atoms with van der Waals surface area (Å²) in [6, 6.07) is 21.9. The van der Waals surface area contributed by atoms with Gasteiger partial charge in [-0.25, -0.2) is 0 Å². The van der Waals surface area contributed by atoms with Crippen molar-refractivity contribution < 1.29 is 24.2 Å². The van der Waals surface area contributed by atoms with Crippen LogP contribution in [0.4, 0.5) is 0 Å². The molecule has 0 saturated heterocycles. The van der Waals surface area contributed by atoms with Gasteiger partial charge in [0.25, 0.3) is 0 Å². The SMILES string of the molecule is COc1ccc(/C(=N/O)[C@@H](c2ccc(OC)cc2)[C@H]2C(=O)Oc3ccccc32)cc1. The highest BCUT2D eigenvalue weighted by molar-refractivity contribution is 6.08. The predicted molar refractivity (Wildman–Crippen MR) is 112 cm³/mol. The molecule has 1 N–H and O–H groups in total. The first-order valence-corrected chi connectivity index (χ1v) is 9.47. The molecule has 1 aliphatic rings. The number of fused-ring (bicyclic) bond motifs is 1. The standard InChI is InChI=1S/C24H21NO5/c1-28-17-11-7-15(8-12-17)21(22-19-5-3-4-6-20(19)30-24(22)26)23(25-27)16-9-13-18(29-2)14-10-16/h3-14,21-22,27H,1-2H3/b25-23-/t21-,22-/m0/s1. The van der Waals surface area contributed by atoms with Gasteiger partial charge in [0, 0.05) is 17.0 Å². The van der Waals surface area contributed by atoms with E-state index in [0.29, 0.717) is 28.5 Å². The molecule has 6 nitrogen and oxygen atoms in total. The third kappa shape index (κ3) is 3.48. The highest BCUT2D eigenvalue weighted by atomic mass is 16.5. The number of rotatable bonds is 6. The van der Waals surface area contributed by atoms with Crippen molar-refractivity contribution in [3.05, 3.63) is 89.5 Å². The van der Waals surface area contributed by atoms with E-state index < -0.39 is 11.8 Å². The number of hydrogen-bond donors (Lipinski definition) is 1. The number of ether oxygens (including phenoxy) is 3. The number of para-hydroxylation sites is 1. The molecule has 2 atom stereocenters. The molecule has 152 valence electrons. The molecule has 0 spiro atoms. The Hall–Kier alpha value is -3.80. The first-order valence-electron chi connectivity index (χ1n) is 9.47. The van der Waals surface area contributed by atoms with Crippen molar-refractivity contribution in [2.45, 2.75) is 11.8 Å². The second-order valence-electron chi connectivity index (χ2n) is 6.90. The largest absolute Gasteiger partial charge is 0.497 e. The van der Waals surface area contributed by atoms with E-state index >= 15 is 0 Å². The summed E-state index contributed by atoms with van der Waals surface area (Å²) in [7, 11) is 3.18. The minimum absolute atomic E-state index is 0.362. The molecule has 0 aliphatic carbocycles. The quantitative estimate of drug-likeness (QED) is 0.217. The summed E-state index contributed by atoms with van der Waals surface area (Å²) in [5.41, 5.74) is 2.61. The molecule has 0 radical (unpaired) electrons. The van der Waals surface area contributed by atoms with Crippen molar-refractivity contribution >= 4 is 11.7 Å². The molecule has 4 rings (SSSR count). The molecule has 6 heteroatoms. The van der Waals surface area contributed by atoms with Gasteiger partial charge in [-0.1, -0.05) is 35.5 Å².